The highest BCUT2D eigenvalue weighted by atomic mass is 15.1. The first-order valence-corrected chi connectivity index (χ1v) is 27.5. The molecular weight excluding hydrogens is 965 g/mol. The van der Waals surface area contributed by atoms with Crippen molar-refractivity contribution >= 4 is 57.4 Å². The van der Waals surface area contributed by atoms with E-state index in [-0.39, 0.29) is 0 Å². The van der Waals surface area contributed by atoms with Crippen molar-refractivity contribution in [2.45, 2.75) is 13.8 Å². The lowest BCUT2D eigenvalue weighted by Crippen LogP contribution is -2.10. The highest BCUT2D eigenvalue weighted by molar-refractivity contribution is 5.94. The van der Waals surface area contributed by atoms with Gasteiger partial charge in [-0.1, -0.05) is 254 Å². The SMILES string of the molecule is Cc1ccc(N(c2ccc(/C=C(\c3ccccc3)c3ccc(-c4ccccc4)cc3)cc2)c2ccc(-c3ccc(N(c4ccc(C)cc4)c4ccc(/C=C(\c5ccccc5)c5ccc(-c6ccccc6)cc5)cc4)cc3)cc2)cc1. The number of nitrogens with zero attached hydrogens (tertiary/aromatic N) is 2. The van der Waals surface area contributed by atoms with Crippen LogP contribution in [0.4, 0.5) is 34.1 Å². The number of anilines is 6. The largest absolute Gasteiger partial charge is 0.311 e. The molecule has 80 heavy (non-hydrogen) atoms. The summed E-state index contributed by atoms with van der Waals surface area (Å²) in [7, 11) is 0. The van der Waals surface area contributed by atoms with Crippen molar-refractivity contribution in [3.63, 3.8) is 0 Å². The highest BCUT2D eigenvalue weighted by Crippen LogP contribution is 2.40. The molecule has 0 bridgehead atoms. The molecular formula is C78H60N2. The number of hydrogen-bond acceptors (Lipinski definition) is 2. The molecule has 2 nitrogen and oxygen atoms in total. The third kappa shape index (κ3) is 11.5. The first-order valence-electron chi connectivity index (χ1n) is 27.5. The molecule has 0 aliphatic rings. The van der Waals surface area contributed by atoms with Gasteiger partial charge in [0.05, 0.1) is 0 Å². The average Bonchev–Trinajstić information content (AvgIpc) is 3.62. The molecule has 382 valence electrons. The van der Waals surface area contributed by atoms with Crippen LogP contribution >= 0.6 is 0 Å². The predicted molar refractivity (Wildman–Crippen MR) is 341 cm³/mol. The van der Waals surface area contributed by atoms with Crippen molar-refractivity contribution in [3.05, 3.63) is 360 Å². The Labute approximate surface area is 471 Å². The molecule has 0 aliphatic carbocycles. The molecule has 0 atom stereocenters. The molecule has 12 aromatic carbocycles. The molecule has 0 radical (unpaired) electrons. The van der Waals surface area contributed by atoms with E-state index in [0.717, 1.165) is 56.4 Å². The average molecular weight is 1030 g/mol. The Kier molecular flexibility index (Phi) is 14.9. The van der Waals surface area contributed by atoms with Crippen LogP contribution in [-0.2, 0) is 0 Å². The summed E-state index contributed by atoms with van der Waals surface area (Å²) in [4.78, 5) is 4.68. The van der Waals surface area contributed by atoms with Gasteiger partial charge >= 0.3 is 0 Å². The molecule has 0 amide bonds. The maximum atomic E-state index is 2.34. The molecule has 0 heterocycles. The number of aryl methyl sites for hydroxylation is 2. The van der Waals surface area contributed by atoms with Crippen LogP contribution in [0, 0.1) is 13.8 Å². The van der Waals surface area contributed by atoms with E-state index in [9.17, 15) is 0 Å². The summed E-state index contributed by atoms with van der Waals surface area (Å²) < 4.78 is 0. The monoisotopic (exact) mass is 1020 g/mol. The Hall–Kier alpha value is -10.3. The van der Waals surface area contributed by atoms with Gasteiger partial charge in [-0.25, -0.2) is 0 Å². The first kappa shape index (κ1) is 50.5. The summed E-state index contributed by atoms with van der Waals surface area (Å²) in [6, 6.07) is 114. The van der Waals surface area contributed by atoms with Crippen molar-refractivity contribution in [2.24, 2.45) is 0 Å². The molecule has 0 N–H and O–H groups in total. The van der Waals surface area contributed by atoms with Crippen molar-refractivity contribution in [1.82, 2.24) is 0 Å². The second-order valence-corrected chi connectivity index (χ2v) is 20.4. The minimum atomic E-state index is 1.08. The number of rotatable bonds is 15. The van der Waals surface area contributed by atoms with E-state index in [0.29, 0.717) is 0 Å². The van der Waals surface area contributed by atoms with Crippen LogP contribution in [-0.4, -0.2) is 0 Å². The molecule has 0 saturated carbocycles. The van der Waals surface area contributed by atoms with Gasteiger partial charge in [-0.05, 0) is 177 Å². The van der Waals surface area contributed by atoms with E-state index in [4.69, 9.17) is 0 Å². The van der Waals surface area contributed by atoms with Gasteiger partial charge in [0.1, 0.15) is 0 Å². The third-order valence-electron chi connectivity index (χ3n) is 14.9. The minimum absolute atomic E-state index is 1.08. The zero-order valence-electron chi connectivity index (χ0n) is 45.1. The van der Waals surface area contributed by atoms with Crippen LogP contribution in [0.2, 0.25) is 0 Å². The van der Waals surface area contributed by atoms with E-state index >= 15 is 0 Å². The van der Waals surface area contributed by atoms with Crippen LogP contribution in [0.25, 0.3) is 56.7 Å². The number of benzene rings is 12. The van der Waals surface area contributed by atoms with Crippen molar-refractivity contribution in [2.75, 3.05) is 9.80 Å². The maximum Gasteiger partial charge on any atom is 0.0462 e. The third-order valence-corrected chi connectivity index (χ3v) is 14.9. The van der Waals surface area contributed by atoms with Gasteiger partial charge in [-0.15, -0.1) is 0 Å². The Bertz CT molecular complexity index is 3730. The lowest BCUT2D eigenvalue weighted by atomic mass is 9.94. The summed E-state index contributed by atoms with van der Waals surface area (Å²) in [5.41, 5.74) is 25.5. The second kappa shape index (κ2) is 23.5. The molecule has 12 aromatic rings. The Morgan fingerprint density at radius 1 is 0.212 bits per heavy atom. The van der Waals surface area contributed by atoms with Gasteiger partial charge in [-0.3, -0.25) is 0 Å². The molecule has 0 aromatic heterocycles. The van der Waals surface area contributed by atoms with Crippen LogP contribution < -0.4 is 9.80 Å². The standard InChI is InChI=1S/C78H60N2/c1-57-23-43-71(44-24-57)79(73-47-27-59(28-48-73)55-77(67-19-11-5-12-20-67)69-35-31-63(32-36-69)61-15-7-3-8-16-61)75-51-39-65(40-52-75)66-41-53-76(54-42-66)80(72-45-25-58(2)26-46-72)74-49-29-60(30-50-74)56-78(68-21-13-6-14-22-68)70-37-33-64(34-38-70)62-17-9-4-10-18-62/h3-56H,1-2H3/b77-55+,78-56+. The summed E-state index contributed by atoms with van der Waals surface area (Å²) in [5.74, 6) is 0. The fourth-order valence-electron chi connectivity index (χ4n) is 10.5. The zero-order valence-corrected chi connectivity index (χ0v) is 45.1. The van der Waals surface area contributed by atoms with Gasteiger partial charge < -0.3 is 9.80 Å². The quantitative estimate of drug-likeness (QED) is 0.0944. The van der Waals surface area contributed by atoms with E-state index in [2.05, 4.69) is 351 Å². The molecule has 2 heteroatoms. The molecule has 0 saturated heterocycles. The fourth-order valence-corrected chi connectivity index (χ4v) is 10.5. The van der Waals surface area contributed by atoms with Gasteiger partial charge in [0.2, 0.25) is 0 Å². The lowest BCUT2D eigenvalue weighted by molar-refractivity contribution is 1.27. The van der Waals surface area contributed by atoms with Gasteiger partial charge in [0.25, 0.3) is 0 Å². The molecule has 0 spiro atoms. The van der Waals surface area contributed by atoms with Gasteiger partial charge in [0.15, 0.2) is 0 Å². The first-order chi connectivity index (χ1) is 39.5. The van der Waals surface area contributed by atoms with E-state index in [1.54, 1.807) is 0 Å². The minimum Gasteiger partial charge on any atom is -0.311 e. The van der Waals surface area contributed by atoms with Gasteiger partial charge in [0, 0.05) is 34.1 Å². The fraction of sp³-hybridized carbons (Fsp3) is 0.0256. The normalized spacial score (nSPS) is 11.5. The maximum absolute atomic E-state index is 2.34. The Morgan fingerprint density at radius 3 is 0.713 bits per heavy atom. The van der Waals surface area contributed by atoms with Crippen molar-refractivity contribution in [3.8, 4) is 33.4 Å². The summed E-state index contributed by atoms with van der Waals surface area (Å²) in [6.07, 6.45) is 4.60. The van der Waals surface area contributed by atoms with E-state index < -0.39 is 0 Å². The smallest absolute Gasteiger partial charge is 0.0462 e. The lowest BCUT2D eigenvalue weighted by Gasteiger charge is -2.26. The predicted octanol–water partition coefficient (Wildman–Crippen LogP) is 21.4. The molecule has 0 unspecified atom stereocenters. The molecule has 12 rings (SSSR count). The van der Waals surface area contributed by atoms with Crippen LogP contribution in [0.15, 0.2) is 315 Å². The van der Waals surface area contributed by atoms with Crippen LogP contribution in [0.3, 0.4) is 0 Å². The van der Waals surface area contributed by atoms with Crippen molar-refractivity contribution in [1.29, 1.82) is 0 Å². The molecule has 0 fully saturated rings. The summed E-state index contributed by atoms with van der Waals surface area (Å²) in [6.45, 7) is 4.28. The highest BCUT2D eigenvalue weighted by Gasteiger charge is 2.17. The van der Waals surface area contributed by atoms with Gasteiger partial charge in [-0.2, -0.15) is 0 Å². The Balaban J connectivity index is 0.813. The summed E-state index contributed by atoms with van der Waals surface area (Å²) >= 11 is 0. The Morgan fingerprint density at radius 2 is 0.425 bits per heavy atom. The number of hydrogen-bond donors (Lipinski definition) is 0. The van der Waals surface area contributed by atoms with E-state index in [1.807, 2.05) is 0 Å². The summed E-state index contributed by atoms with van der Waals surface area (Å²) in [5, 5.41) is 0. The van der Waals surface area contributed by atoms with Crippen LogP contribution in [0.5, 0.6) is 0 Å². The zero-order chi connectivity index (χ0) is 54.0. The van der Waals surface area contributed by atoms with Crippen molar-refractivity contribution < 1.29 is 0 Å². The van der Waals surface area contributed by atoms with Crippen LogP contribution in [0.1, 0.15) is 44.5 Å². The topological polar surface area (TPSA) is 6.48 Å². The second-order valence-electron chi connectivity index (χ2n) is 20.4. The van der Waals surface area contributed by atoms with E-state index in [1.165, 1.54) is 66.8 Å². The molecule has 0 aliphatic heterocycles.